The summed E-state index contributed by atoms with van der Waals surface area (Å²) in [5, 5.41) is 2.03. The molecule has 7 heteroatoms. The van der Waals surface area contributed by atoms with Crippen molar-refractivity contribution in [3.63, 3.8) is 0 Å². The zero-order valence-electron chi connectivity index (χ0n) is 18.3. The van der Waals surface area contributed by atoms with Crippen molar-refractivity contribution in [3.05, 3.63) is 105 Å². The molecule has 3 aromatic carbocycles. The van der Waals surface area contributed by atoms with E-state index in [0.717, 1.165) is 29.8 Å². The molecule has 0 fully saturated rings. The molecule has 1 aromatic heterocycles. The molecule has 172 valence electrons. The molecular weight excluding hydrogens is 509 g/mol. The summed E-state index contributed by atoms with van der Waals surface area (Å²) in [6.07, 6.45) is -3.60. The average Bonchev–Trinajstić information content (AvgIpc) is 3.17. The van der Waals surface area contributed by atoms with Crippen LogP contribution in [0, 0.1) is 13.8 Å². The normalized spacial score (nSPS) is 12.0. The Morgan fingerprint density at radius 2 is 1.64 bits per heavy atom. The third kappa shape index (κ3) is 6.03. The zero-order valence-corrected chi connectivity index (χ0v) is 20.8. The number of thiazole rings is 1. The maximum absolute atomic E-state index is 13.1. The van der Waals surface area contributed by atoms with Gasteiger partial charge in [-0.05, 0) is 66.8 Å². The van der Waals surface area contributed by atoms with Crippen LogP contribution >= 0.6 is 28.3 Å². The molecule has 0 aliphatic heterocycles. The van der Waals surface area contributed by atoms with E-state index in [1.54, 1.807) is 6.07 Å². The Kier molecular flexibility index (Phi) is 7.97. The van der Waals surface area contributed by atoms with Gasteiger partial charge in [0.2, 0.25) is 0 Å². The summed E-state index contributed by atoms with van der Waals surface area (Å²) in [6, 6.07) is 21.6. The maximum Gasteiger partial charge on any atom is 0.416 e. The first-order valence-electron chi connectivity index (χ1n) is 10.3. The minimum Gasteiger partial charge on any atom is -0.316 e. The molecule has 0 N–H and O–H groups in total. The first kappa shape index (κ1) is 25.0. The predicted molar refractivity (Wildman–Crippen MR) is 134 cm³/mol. The molecule has 0 radical (unpaired) electrons. The Hall–Kier alpha value is -2.64. The van der Waals surface area contributed by atoms with Crippen LogP contribution in [0.25, 0.3) is 11.3 Å². The highest BCUT2D eigenvalue weighted by molar-refractivity contribution is 8.93. The zero-order chi connectivity index (χ0) is 22.7. The molecule has 0 aliphatic carbocycles. The number of benzene rings is 3. The molecule has 4 aromatic rings. The van der Waals surface area contributed by atoms with Crippen LogP contribution in [0.1, 0.15) is 22.3 Å². The lowest BCUT2D eigenvalue weighted by molar-refractivity contribution is -0.137. The van der Waals surface area contributed by atoms with Gasteiger partial charge in [-0.1, -0.05) is 48.5 Å². The predicted octanol–water partition coefficient (Wildman–Crippen LogP) is 7.91. The van der Waals surface area contributed by atoms with Crippen LogP contribution in [0.3, 0.4) is 0 Å². The fraction of sp³-hybridized carbons (Fsp3) is 0.192. The maximum atomic E-state index is 13.1. The lowest BCUT2D eigenvalue weighted by Crippen LogP contribution is -2.17. The van der Waals surface area contributed by atoms with Gasteiger partial charge in [-0.15, -0.1) is 28.3 Å². The third-order valence-electron chi connectivity index (χ3n) is 5.47. The van der Waals surface area contributed by atoms with Crippen molar-refractivity contribution in [1.29, 1.82) is 0 Å². The number of hydrogen-bond acceptors (Lipinski definition) is 2. The van der Waals surface area contributed by atoms with Crippen molar-refractivity contribution in [1.82, 2.24) is 4.57 Å². The van der Waals surface area contributed by atoms with Crippen LogP contribution in [-0.2, 0) is 19.1 Å². The van der Waals surface area contributed by atoms with E-state index in [2.05, 4.69) is 53.7 Å². The molecule has 4 rings (SSSR count). The topological polar surface area (TPSA) is 17.3 Å². The minimum absolute atomic E-state index is 0. The molecule has 0 saturated heterocycles. The molecule has 0 unspecified atom stereocenters. The van der Waals surface area contributed by atoms with E-state index in [1.807, 2.05) is 23.6 Å². The van der Waals surface area contributed by atoms with Gasteiger partial charge in [0.05, 0.1) is 16.9 Å². The van der Waals surface area contributed by atoms with Gasteiger partial charge in [0.25, 0.3) is 0 Å². The van der Waals surface area contributed by atoms with Crippen LogP contribution in [0.4, 0.5) is 18.9 Å². The van der Waals surface area contributed by atoms with E-state index in [1.165, 1.54) is 34.1 Å². The SMILES string of the molecule is Br.Cc1ccc(-c2csc(=Nc3cccc(C(F)(F)F)c3)n2CCc2ccccc2)cc1C. The lowest BCUT2D eigenvalue weighted by atomic mass is 10.0. The number of rotatable bonds is 5. The quantitative estimate of drug-likeness (QED) is 0.248. The fourth-order valence-corrected chi connectivity index (χ4v) is 4.47. The molecule has 0 bridgehead atoms. The second-order valence-corrected chi connectivity index (χ2v) is 8.59. The van der Waals surface area contributed by atoms with Gasteiger partial charge in [-0.25, -0.2) is 4.99 Å². The van der Waals surface area contributed by atoms with Gasteiger partial charge in [0, 0.05) is 11.9 Å². The molecule has 0 atom stereocenters. The Morgan fingerprint density at radius 1 is 0.879 bits per heavy atom. The highest BCUT2D eigenvalue weighted by Crippen LogP contribution is 2.31. The molecule has 0 amide bonds. The Balaban J connectivity index is 0.00000306. The van der Waals surface area contributed by atoms with Crippen molar-refractivity contribution in [2.75, 3.05) is 0 Å². The molecule has 0 spiro atoms. The summed E-state index contributed by atoms with van der Waals surface area (Å²) in [5.41, 5.74) is 5.29. The van der Waals surface area contributed by atoms with Crippen molar-refractivity contribution in [2.24, 2.45) is 4.99 Å². The highest BCUT2D eigenvalue weighted by Gasteiger charge is 2.30. The third-order valence-corrected chi connectivity index (χ3v) is 6.33. The summed E-state index contributed by atoms with van der Waals surface area (Å²) in [7, 11) is 0. The smallest absolute Gasteiger partial charge is 0.316 e. The van der Waals surface area contributed by atoms with Crippen molar-refractivity contribution >= 4 is 34.0 Å². The minimum atomic E-state index is -4.39. The highest BCUT2D eigenvalue weighted by atomic mass is 79.9. The first-order chi connectivity index (χ1) is 15.3. The van der Waals surface area contributed by atoms with E-state index >= 15 is 0 Å². The van der Waals surface area contributed by atoms with E-state index in [-0.39, 0.29) is 17.0 Å². The molecule has 2 nitrogen and oxygen atoms in total. The molecule has 1 heterocycles. The molecule has 33 heavy (non-hydrogen) atoms. The monoisotopic (exact) mass is 532 g/mol. The van der Waals surface area contributed by atoms with Gasteiger partial charge in [0.15, 0.2) is 4.80 Å². The second-order valence-electron chi connectivity index (χ2n) is 7.75. The second kappa shape index (κ2) is 10.5. The van der Waals surface area contributed by atoms with Crippen LogP contribution in [-0.4, -0.2) is 4.57 Å². The van der Waals surface area contributed by atoms with Crippen LogP contribution in [0.5, 0.6) is 0 Å². The number of aryl methyl sites for hydroxylation is 3. The van der Waals surface area contributed by atoms with E-state index in [9.17, 15) is 13.2 Å². The molecule has 0 aliphatic rings. The Morgan fingerprint density at radius 3 is 2.33 bits per heavy atom. The number of aromatic nitrogens is 1. The summed E-state index contributed by atoms with van der Waals surface area (Å²) in [6.45, 7) is 4.82. The van der Waals surface area contributed by atoms with Crippen molar-refractivity contribution in [3.8, 4) is 11.3 Å². The number of hydrogen-bond donors (Lipinski definition) is 0. The summed E-state index contributed by atoms with van der Waals surface area (Å²) < 4.78 is 41.5. The van der Waals surface area contributed by atoms with Gasteiger partial charge in [0.1, 0.15) is 0 Å². The van der Waals surface area contributed by atoms with E-state index < -0.39 is 11.7 Å². The van der Waals surface area contributed by atoms with Gasteiger partial charge in [-0.3, -0.25) is 0 Å². The van der Waals surface area contributed by atoms with Gasteiger partial charge in [-0.2, -0.15) is 13.2 Å². The van der Waals surface area contributed by atoms with Gasteiger partial charge >= 0.3 is 6.18 Å². The van der Waals surface area contributed by atoms with Crippen LogP contribution in [0.2, 0.25) is 0 Å². The van der Waals surface area contributed by atoms with Crippen LogP contribution < -0.4 is 4.80 Å². The standard InChI is InChI=1S/C26H23F3N2S.BrH/c1-18-11-12-21(15-19(18)2)24-17-32-25(31(24)14-13-20-7-4-3-5-8-20)30-23-10-6-9-22(16-23)26(27,28)29;/h3-12,15-17H,13-14H2,1-2H3;1H. The Labute approximate surface area is 205 Å². The van der Waals surface area contributed by atoms with E-state index in [0.29, 0.717) is 17.0 Å². The first-order valence-corrected chi connectivity index (χ1v) is 11.2. The number of alkyl halides is 3. The summed E-state index contributed by atoms with van der Waals surface area (Å²) >= 11 is 1.44. The summed E-state index contributed by atoms with van der Waals surface area (Å²) in [5.74, 6) is 0. The van der Waals surface area contributed by atoms with Crippen LogP contribution in [0.15, 0.2) is 83.2 Å². The van der Waals surface area contributed by atoms with Gasteiger partial charge < -0.3 is 4.57 Å². The summed E-state index contributed by atoms with van der Waals surface area (Å²) in [4.78, 5) is 5.27. The van der Waals surface area contributed by atoms with Crippen molar-refractivity contribution < 1.29 is 13.2 Å². The largest absolute Gasteiger partial charge is 0.416 e. The number of nitrogens with zero attached hydrogens (tertiary/aromatic N) is 2. The Bertz CT molecular complexity index is 1290. The fourth-order valence-electron chi connectivity index (χ4n) is 3.51. The molecule has 0 saturated carbocycles. The van der Waals surface area contributed by atoms with Crippen molar-refractivity contribution in [2.45, 2.75) is 33.0 Å². The lowest BCUT2D eigenvalue weighted by Gasteiger charge is -2.11. The number of halogens is 4. The average molecular weight is 533 g/mol. The van der Waals surface area contributed by atoms with E-state index in [4.69, 9.17) is 0 Å². The molecular formula is C26H24BrF3N2S.